The molecular formula is C21H19N3O3S. The standard InChI is InChI=1S/C21H19N3O3S/c1-13-3-4-14(2)17(9-13)22-20(25)11-28-21-8-6-16(23-24-21)15-5-7-18-19(10-15)27-12-26-18/h3-10H,11-12H2,1-2H3,(H,22,25). The minimum atomic E-state index is -0.0691. The van der Waals surface area contributed by atoms with Gasteiger partial charge in [-0.05, 0) is 61.4 Å². The molecule has 2 aromatic carbocycles. The molecule has 142 valence electrons. The fourth-order valence-electron chi connectivity index (χ4n) is 2.80. The molecule has 1 amide bonds. The van der Waals surface area contributed by atoms with Crippen LogP contribution in [-0.4, -0.2) is 28.7 Å². The van der Waals surface area contributed by atoms with Gasteiger partial charge in [-0.2, -0.15) is 0 Å². The second kappa shape index (κ2) is 7.90. The molecule has 0 bridgehead atoms. The summed E-state index contributed by atoms with van der Waals surface area (Å²) in [7, 11) is 0. The van der Waals surface area contributed by atoms with E-state index in [1.165, 1.54) is 11.8 Å². The highest BCUT2D eigenvalue weighted by atomic mass is 32.2. The highest BCUT2D eigenvalue weighted by molar-refractivity contribution is 7.99. The van der Waals surface area contributed by atoms with Gasteiger partial charge in [-0.1, -0.05) is 23.9 Å². The van der Waals surface area contributed by atoms with E-state index in [9.17, 15) is 4.79 Å². The van der Waals surface area contributed by atoms with Crippen LogP contribution < -0.4 is 14.8 Å². The van der Waals surface area contributed by atoms with E-state index in [2.05, 4.69) is 15.5 Å². The molecule has 1 aliphatic rings. The highest BCUT2D eigenvalue weighted by Gasteiger charge is 2.14. The minimum Gasteiger partial charge on any atom is -0.454 e. The number of rotatable bonds is 5. The van der Waals surface area contributed by atoms with Crippen LogP contribution in [0.25, 0.3) is 11.3 Å². The monoisotopic (exact) mass is 393 g/mol. The lowest BCUT2D eigenvalue weighted by Gasteiger charge is -2.09. The number of ether oxygens (including phenoxy) is 2. The third-order valence-corrected chi connectivity index (χ3v) is 5.25. The van der Waals surface area contributed by atoms with Gasteiger partial charge in [0.25, 0.3) is 0 Å². The van der Waals surface area contributed by atoms with Crippen LogP contribution >= 0.6 is 11.8 Å². The molecule has 7 heteroatoms. The van der Waals surface area contributed by atoms with Crippen LogP contribution in [0.4, 0.5) is 5.69 Å². The van der Waals surface area contributed by atoms with Gasteiger partial charge in [-0.15, -0.1) is 10.2 Å². The zero-order valence-corrected chi connectivity index (χ0v) is 16.4. The van der Waals surface area contributed by atoms with Crippen molar-refractivity contribution in [3.63, 3.8) is 0 Å². The van der Waals surface area contributed by atoms with Crippen molar-refractivity contribution in [2.24, 2.45) is 0 Å². The van der Waals surface area contributed by atoms with Gasteiger partial charge in [-0.25, -0.2) is 0 Å². The van der Waals surface area contributed by atoms with Crippen LogP contribution in [0.1, 0.15) is 11.1 Å². The number of amides is 1. The summed E-state index contributed by atoms with van der Waals surface area (Å²) in [4.78, 5) is 12.2. The Morgan fingerprint density at radius 1 is 1.04 bits per heavy atom. The average molecular weight is 393 g/mol. The number of hydrogen-bond acceptors (Lipinski definition) is 6. The summed E-state index contributed by atoms with van der Waals surface area (Å²) in [6, 6.07) is 15.4. The van der Waals surface area contributed by atoms with Gasteiger partial charge >= 0.3 is 0 Å². The van der Waals surface area contributed by atoms with E-state index in [1.807, 2.05) is 62.4 Å². The molecule has 0 spiro atoms. The maximum Gasteiger partial charge on any atom is 0.234 e. The van der Waals surface area contributed by atoms with E-state index < -0.39 is 0 Å². The van der Waals surface area contributed by atoms with Crippen molar-refractivity contribution >= 4 is 23.4 Å². The Morgan fingerprint density at radius 3 is 2.71 bits per heavy atom. The van der Waals surface area contributed by atoms with Crippen LogP contribution in [0.3, 0.4) is 0 Å². The van der Waals surface area contributed by atoms with Crippen LogP contribution in [0.2, 0.25) is 0 Å². The Balaban J connectivity index is 1.37. The predicted molar refractivity (Wildman–Crippen MR) is 109 cm³/mol. The molecule has 0 unspecified atom stereocenters. The lowest BCUT2D eigenvalue weighted by molar-refractivity contribution is -0.113. The van der Waals surface area contributed by atoms with Crippen molar-refractivity contribution in [2.45, 2.75) is 18.9 Å². The largest absolute Gasteiger partial charge is 0.454 e. The van der Waals surface area contributed by atoms with Crippen molar-refractivity contribution in [2.75, 3.05) is 17.9 Å². The number of nitrogens with one attached hydrogen (secondary N) is 1. The second-order valence-electron chi connectivity index (χ2n) is 6.48. The van der Waals surface area contributed by atoms with Crippen molar-refractivity contribution in [3.8, 4) is 22.8 Å². The number of benzene rings is 2. The first-order valence-electron chi connectivity index (χ1n) is 8.82. The van der Waals surface area contributed by atoms with Gasteiger partial charge in [0.15, 0.2) is 11.5 Å². The molecule has 1 aromatic heterocycles. The minimum absolute atomic E-state index is 0.0691. The number of aryl methyl sites for hydroxylation is 2. The van der Waals surface area contributed by atoms with Gasteiger partial charge in [0.1, 0.15) is 5.03 Å². The summed E-state index contributed by atoms with van der Waals surface area (Å²) in [5.41, 5.74) is 4.63. The number of carbonyl (C=O) groups excluding carboxylic acids is 1. The summed E-state index contributed by atoms with van der Waals surface area (Å²) < 4.78 is 10.7. The molecule has 0 fully saturated rings. The van der Waals surface area contributed by atoms with Crippen molar-refractivity contribution in [1.29, 1.82) is 0 Å². The Morgan fingerprint density at radius 2 is 1.89 bits per heavy atom. The number of aromatic nitrogens is 2. The SMILES string of the molecule is Cc1ccc(C)c(NC(=O)CSc2ccc(-c3ccc4c(c3)OCO4)nn2)c1. The second-order valence-corrected chi connectivity index (χ2v) is 7.48. The molecule has 2 heterocycles. The average Bonchev–Trinajstić information content (AvgIpc) is 3.17. The topological polar surface area (TPSA) is 73.3 Å². The first-order chi connectivity index (χ1) is 13.6. The van der Waals surface area contributed by atoms with Crippen LogP contribution in [-0.2, 0) is 4.79 Å². The zero-order chi connectivity index (χ0) is 19.5. The summed E-state index contributed by atoms with van der Waals surface area (Å²) in [5.74, 6) is 1.64. The predicted octanol–water partition coefficient (Wildman–Crippen LogP) is 4.22. The molecule has 0 saturated carbocycles. The third-order valence-electron chi connectivity index (χ3n) is 4.33. The molecule has 0 saturated heterocycles. The normalized spacial score (nSPS) is 12.1. The Bertz CT molecular complexity index is 1020. The van der Waals surface area contributed by atoms with Gasteiger partial charge in [0, 0.05) is 11.3 Å². The Hall–Kier alpha value is -3.06. The summed E-state index contributed by atoms with van der Waals surface area (Å²) in [6.07, 6.45) is 0. The van der Waals surface area contributed by atoms with Gasteiger partial charge in [0.2, 0.25) is 12.7 Å². The zero-order valence-electron chi connectivity index (χ0n) is 15.6. The van der Waals surface area contributed by atoms with E-state index in [4.69, 9.17) is 9.47 Å². The molecule has 0 aliphatic carbocycles. The van der Waals surface area contributed by atoms with E-state index in [-0.39, 0.29) is 18.5 Å². The van der Waals surface area contributed by atoms with E-state index >= 15 is 0 Å². The highest BCUT2D eigenvalue weighted by Crippen LogP contribution is 2.35. The van der Waals surface area contributed by atoms with Crippen molar-refractivity contribution in [1.82, 2.24) is 10.2 Å². The number of anilines is 1. The van der Waals surface area contributed by atoms with Crippen LogP contribution in [0.15, 0.2) is 53.6 Å². The van der Waals surface area contributed by atoms with E-state index in [0.717, 1.165) is 33.8 Å². The fraction of sp³-hybridized carbons (Fsp3) is 0.190. The number of carbonyl (C=O) groups is 1. The quantitative estimate of drug-likeness (QED) is 0.654. The molecule has 3 aromatic rings. The van der Waals surface area contributed by atoms with Crippen molar-refractivity contribution < 1.29 is 14.3 Å². The van der Waals surface area contributed by atoms with Crippen LogP contribution in [0, 0.1) is 13.8 Å². The smallest absolute Gasteiger partial charge is 0.234 e. The van der Waals surface area contributed by atoms with E-state index in [0.29, 0.717) is 10.8 Å². The molecule has 0 atom stereocenters. The molecule has 6 nitrogen and oxygen atoms in total. The number of thioether (sulfide) groups is 1. The van der Waals surface area contributed by atoms with Gasteiger partial charge in [0.05, 0.1) is 11.4 Å². The van der Waals surface area contributed by atoms with E-state index in [1.54, 1.807) is 0 Å². The van der Waals surface area contributed by atoms with Crippen molar-refractivity contribution in [3.05, 3.63) is 59.7 Å². The molecule has 1 aliphatic heterocycles. The van der Waals surface area contributed by atoms with Crippen LogP contribution in [0.5, 0.6) is 11.5 Å². The Kier molecular flexibility index (Phi) is 5.16. The Labute approximate surface area is 167 Å². The lowest BCUT2D eigenvalue weighted by Crippen LogP contribution is -2.15. The molecule has 0 radical (unpaired) electrons. The first kappa shape index (κ1) is 18.3. The third kappa shape index (κ3) is 4.09. The fourth-order valence-corrected chi connectivity index (χ4v) is 3.42. The maximum absolute atomic E-state index is 12.2. The number of fused-ring (bicyclic) bond motifs is 1. The molecule has 1 N–H and O–H groups in total. The summed E-state index contributed by atoms with van der Waals surface area (Å²) in [6.45, 7) is 4.22. The van der Waals surface area contributed by atoms with Gasteiger partial charge in [-0.3, -0.25) is 4.79 Å². The lowest BCUT2D eigenvalue weighted by atomic mass is 10.1. The summed E-state index contributed by atoms with van der Waals surface area (Å²) >= 11 is 1.35. The molecular weight excluding hydrogens is 374 g/mol. The summed E-state index contributed by atoms with van der Waals surface area (Å²) in [5, 5.41) is 12.1. The maximum atomic E-state index is 12.2. The molecule has 4 rings (SSSR count). The first-order valence-corrected chi connectivity index (χ1v) is 9.81. The van der Waals surface area contributed by atoms with Gasteiger partial charge < -0.3 is 14.8 Å². The number of nitrogens with zero attached hydrogens (tertiary/aromatic N) is 2. The molecule has 28 heavy (non-hydrogen) atoms. The number of hydrogen-bond donors (Lipinski definition) is 1.